The number of benzene rings is 1. The van der Waals surface area contributed by atoms with Crippen molar-refractivity contribution in [3.05, 3.63) is 54.4 Å². The molecule has 324 valence electrons. The molecule has 7 rings (SSSR count). The largest absolute Gasteiger partial charge is 0.497 e. The smallest absolute Gasteiger partial charge is 0.435 e. The van der Waals surface area contributed by atoms with Crippen molar-refractivity contribution in [3.63, 3.8) is 0 Å². The van der Waals surface area contributed by atoms with Crippen LogP contribution in [0, 0.1) is 17.8 Å². The fraction of sp³-hybridized carbons (Fsp3) is 0.538. The van der Waals surface area contributed by atoms with Gasteiger partial charge in [-0.3, -0.25) is 19.1 Å². The molecular weight excluding hydrogens is 819 g/mol. The first-order valence-electron chi connectivity index (χ1n) is 19.5. The number of hydrogen-bond donors (Lipinski definition) is 4. The van der Waals surface area contributed by atoms with E-state index in [1.165, 1.54) is 19.2 Å². The molecule has 3 aromatic rings. The van der Waals surface area contributed by atoms with Crippen LogP contribution in [-0.4, -0.2) is 106 Å². The molecular formula is C39H45F4N7O9S. The van der Waals surface area contributed by atoms with Gasteiger partial charge in [0.25, 0.3) is 5.91 Å². The van der Waals surface area contributed by atoms with Crippen LogP contribution >= 0.6 is 0 Å². The van der Waals surface area contributed by atoms with Gasteiger partial charge in [0.2, 0.25) is 21.8 Å². The third-order valence-electron chi connectivity index (χ3n) is 11.9. The number of nitrogens with zero attached hydrogens (tertiary/aromatic N) is 4. The van der Waals surface area contributed by atoms with Crippen molar-refractivity contribution in [2.24, 2.45) is 17.8 Å². The standard InChI is InChI=1S/C39H45F4N7O9S/c1-21-6-4-5-7-23-18-38(23,35(53)48-60(56,57)37(20-40)11-12-37)46-33(51)28-16-25(19-49(28)34(52)32(22(2)14-21)45-36(54)55)59-29-17-31(50-13-10-30(47-50)39(41,42)43)44-27-15-24(58-3)8-9-26(27)29/h5,7-10,13,15,17,21-23,25,28,32,45H,4,6,11-12,14,16,18-20H2,1-3H3,(H,46,51)(H,48,53)(H,54,55)/b7-5-/t21-,22-,23-,25-,28+,32+,38-/m1/s1. The summed E-state index contributed by atoms with van der Waals surface area (Å²) < 4.78 is 93.7. The van der Waals surface area contributed by atoms with Gasteiger partial charge in [0.15, 0.2) is 11.5 Å². The monoisotopic (exact) mass is 863 g/mol. The van der Waals surface area contributed by atoms with E-state index in [9.17, 15) is 50.3 Å². The number of allylic oxidation sites excluding steroid dienone is 1. The van der Waals surface area contributed by atoms with Gasteiger partial charge in [0.1, 0.15) is 46.6 Å². The van der Waals surface area contributed by atoms with Crippen LogP contribution in [-0.2, 0) is 30.6 Å². The Kier molecular flexibility index (Phi) is 11.3. The number of amides is 4. The highest BCUT2D eigenvalue weighted by atomic mass is 32.2. The maximum atomic E-state index is 14.5. The van der Waals surface area contributed by atoms with E-state index in [2.05, 4.69) is 20.7 Å². The Morgan fingerprint density at radius 2 is 1.87 bits per heavy atom. The van der Waals surface area contributed by atoms with Gasteiger partial charge in [-0.15, -0.1) is 0 Å². The van der Waals surface area contributed by atoms with Crippen molar-refractivity contribution < 1.29 is 59.7 Å². The summed E-state index contributed by atoms with van der Waals surface area (Å²) in [5.74, 6) is -3.42. The highest BCUT2D eigenvalue weighted by molar-refractivity contribution is 7.91. The molecule has 1 saturated heterocycles. The van der Waals surface area contributed by atoms with E-state index in [0.29, 0.717) is 30.4 Å². The van der Waals surface area contributed by atoms with Gasteiger partial charge in [-0.2, -0.15) is 18.3 Å². The summed E-state index contributed by atoms with van der Waals surface area (Å²) in [5.41, 5.74) is -2.69. The molecule has 4 heterocycles. The molecule has 0 unspecified atom stereocenters. The molecule has 4 aliphatic rings. The zero-order valence-corrected chi connectivity index (χ0v) is 33.7. The minimum Gasteiger partial charge on any atom is -0.497 e. The maximum absolute atomic E-state index is 14.5. The number of methoxy groups -OCH3 is 1. The van der Waals surface area contributed by atoms with E-state index < -0.39 is 92.7 Å². The summed E-state index contributed by atoms with van der Waals surface area (Å²) in [6.45, 7) is 2.20. The Bertz CT molecular complexity index is 2340. The zero-order valence-electron chi connectivity index (χ0n) is 32.9. The predicted octanol–water partition coefficient (Wildman–Crippen LogP) is 4.27. The Labute approximate surface area is 342 Å². The molecule has 16 nitrogen and oxygen atoms in total. The summed E-state index contributed by atoms with van der Waals surface area (Å²) in [7, 11) is -3.05. The van der Waals surface area contributed by atoms with Gasteiger partial charge in [0, 0.05) is 36.1 Å². The van der Waals surface area contributed by atoms with Gasteiger partial charge in [-0.25, -0.2) is 27.3 Å². The molecule has 0 bridgehead atoms. The SMILES string of the molecule is COc1ccc2c(O[C@@H]3C[C@H]4C(=O)N[C@]5(C(=O)NS(=O)(=O)C6(CF)CC6)C[C@H]5/C=C\CC[C@@H](C)C[C@@H](C)[C@H](NC(=O)O)C(=O)N4C3)cc(-n3ccc(C(F)(F)F)n3)nc2c1. The normalized spacial score (nSPS) is 28.6. The van der Waals surface area contributed by atoms with Gasteiger partial charge in [-0.05, 0) is 68.6 Å². The molecule has 3 fully saturated rings. The number of carbonyl (C=O) groups excluding carboxylic acids is 3. The lowest BCUT2D eigenvalue weighted by molar-refractivity contribution is -0.142. The Hall–Kier alpha value is -5.47. The molecule has 2 aromatic heterocycles. The molecule has 0 spiro atoms. The number of pyridine rings is 1. The Morgan fingerprint density at radius 3 is 2.52 bits per heavy atom. The van der Waals surface area contributed by atoms with Crippen LogP contribution in [0.25, 0.3) is 16.7 Å². The quantitative estimate of drug-likeness (QED) is 0.176. The van der Waals surface area contributed by atoms with Crippen molar-refractivity contribution in [1.29, 1.82) is 0 Å². The van der Waals surface area contributed by atoms with E-state index in [0.717, 1.165) is 21.8 Å². The summed E-state index contributed by atoms with van der Waals surface area (Å²) in [5, 5.41) is 18.9. The highest BCUT2D eigenvalue weighted by Gasteiger charge is 2.64. The number of hydrogen-bond acceptors (Lipinski definition) is 10. The zero-order chi connectivity index (χ0) is 43.4. The average molecular weight is 864 g/mol. The van der Waals surface area contributed by atoms with Gasteiger partial charge in [0.05, 0.1) is 19.2 Å². The summed E-state index contributed by atoms with van der Waals surface area (Å²) in [6, 6.07) is 4.19. The van der Waals surface area contributed by atoms with Crippen molar-refractivity contribution in [3.8, 4) is 17.3 Å². The molecule has 4 N–H and O–H groups in total. The number of ether oxygens (including phenoxy) is 2. The highest BCUT2D eigenvalue weighted by Crippen LogP contribution is 2.48. The van der Waals surface area contributed by atoms with Crippen LogP contribution in [0.5, 0.6) is 11.5 Å². The first-order chi connectivity index (χ1) is 28.3. The second-order valence-corrected chi connectivity index (χ2v) is 18.3. The molecule has 0 radical (unpaired) electrons. The average Bonchev–Trinajstić information content (AvgIpc) is 4.01. The lowest BCUT2D eigenvalue weighted by Gasteiger charge is -2.32. The van der Waals surface area contributed by atoms with Crippen LogP contribution in [0.15, 0.2) is 48.7 Å². The number of rotatable bonds is 9. The minimum absolute atomic E-state index is 0.00788. The van der Waals surface area contributed by atoms with E-state index in [-0.39, 0.29) is 55.2 Å². The minimum atomic E-state index is -4.74. The van der Waals surface area contributed by atoms with Crippen molar-refractivity contribution in [2.45, 2.75) is 93.4 Å². The lowest BCUT2D eigenvalue weighted by Crippen LogP contribution is -2.59. The lowest BCUT2D eigenvalue weighted by atomic mass is 9.88. The number of aromatic nitrogens is 3. The molecule has 4 amide bonds. The molecule has 7 atom stereocenters. The molecule has 21 heteroatoms. The molecule has 2 aliphatic heterocycles. The van der Waals surface area contributed by atoms with Gasteiger partial charge >= 0.3 is 12.3 Å². The second kappa shape index (κ2) is 15.9. The van der Waals surface area contributed by atoms with Crippen LogP contribution in [0.4, 0.5) is 22.4 Å². The van der Waals surface area contributed by atoms with E-state index in [4.69, 9.17) is 9.47 Å². The van der Waals surface area contributed by atoms with Crippen molar-refractivity contribution in [1.82, 2.24) is 35.0 Å². The number of carboxylic acid groups (broad SMARTS) is 1. The third-order valence-corrected chi connectivity index (χ3v) is 14.0. The van der Waals surface area contributed by atoms with E-state index >= 15 is 0 Å². The first kappa shape index (κ1) is 42.6. The number of alkyl halides is 4. The van der Waals surface area contributed by atoms with Crippen LogP contribution < -0.4 is 24.8 Å². The number of halogens is 4. The number of fused-ring (bicyclic) bond motifs is 3. The fourth-order valence-electron chi connectivity index (χ4n) is 8.17. The number of nitrogens with one attached hydrogen (secondary N) is 3. The van der Waals surface area contributed by atoms with E-state index in [1.54, 1.807) is 25.1 Å². The van der Waals surface area contributed by atoms with Crippen LogP contribution in [0.2, 0.25) is 0 Å². The van der Waals surface area contributed by atoms with Crippen molar-refractivity contribution >= 4 is 44.7 Å². The number of sulfonamides is 1. The van der Waals surface area contributed by atoms with Crippen molar-refractivity contribution in [2.75, 3.05) is 20.3 Å². The molecule has 2 aliphatic carbocycles. The van der Waals surface area contributed by atoms with Crippen LogP contribution in [0.1, 0.15) is 64.5 Å². The Morgan fingerprint density at radius 1 is 1.12 bits per heavy atom. The predicted molar refractivity (Wildman–Crippen MR) is 205 cm³/mol. The van der Waals surface area contributed by atoms with Gasteiger partial charge < -0.3 is 30.1 Å². The topological polar surface area (TPSA) is 211 Å². The van der Waals surface area contributed by atoms with E-state index in [1.807, 2.05) is 17.7 Å². The number of carbonyl (C=O) groups is 4. The third kappa shape index (κ3) is 8.31. The molecule has 60 heavy (non-hydrogen) atoms. The summed E-state index contributed by atoms with van der Waals surface area (Å²) in [6.07, 6.45) is -1.13. The molecule has 2 saturated carbocycles. The van der Waals surface area contributed by atoms with Gasteiger partial charge in [-0.1, -0.05) is 26.0 Å². The van der Waals surface area contributed by atoms with Crippen LogP contribution in [0.3, 0.4) is 0 Å². The molecule has 1 aromatic carbocycles. The maximum Gasteiger partial charge on any atom is 0.435 e. The summed E-state index contributed by atoms with van der Waals surface area (Å²) in [4.78, 5) is 60.6. The first-order valence-corrected chi connectivity index (χ1v) is 21.0. The summed E-state index contributed by atoms with van der Waals surface area (Å²) >= 11 is 0. The fourth-order valence-corrected chi connectivity index (χ4v) is 9.60. The Balaban J connectivity index is 1.25. The second-order valence-electron chi connectivity index (χ2n) is 16.3.